The van der Waals surface area contributed by atoms with Crippen LogP contribution in [0.4, 0.5) is 41.9 Å². The quantitative estimate of drug-likeness (QED) is 0.0887. The number of pyridine rings is 2. The summed E-state index contributed by atoms with van der Waals surface area (Å²) in [6.07, 6.45) is 4.39. The summed E-state index contributed by atoms with van der Waals surface area (Å²) in [5, 5.41) is 20.6. The van der Waals surface area contributed by atoms with Gasteiger partial charge in [-0.05, 0) is 109 Å². The number of rotatable bonds is 5. The van der Waals surface area contributed by atoms with Gasteiger partial charge in [-0.25, -0.2) is 19.2 Å². The van der Waals surface area contributed by atoms with Gasteiger partial charge in [0.25, 0.3) is 0 Å². The number of benzene rings is 2. The van der Waals surface area contributed by atoms with E-state index in [2.05, 4.69) is 71.4 Å². The predicted molar refractivity (Wildman–Crippen MR) is 227 cm³/mol. The Hall–Kier alpha value is -6.62. The topological polar surface area (TPSA) is 227 Å². The molecule has 0 saturated carbocycles. The first kappa shape index (κ1) is 45.5. The number of carbonyl (C=O) groups is 4. The Labute approximate surface area is 342 Å². The molecule has 4 aromatic rings. The molecule has 0 radical (unpaired) electrons. The van der Waals surface area contributed by atoms with Crippen molar-refractivity contribution in [1.29, 1.82) is 0 Å². The van der Waals surface area contributed by atoms with Gasteiger partial charge < -0.3 is 40.2 Å². The zero-order valence-corrected chi connectivity index (χ0v) is 33.3. The molecule has 0 aliphatic rings. The molecule has 0 spiro atoms. The average molecular weight is 841 g/mol. The minimum absolute atomic E-state index is 0.0490. The molecule has 294 valence electrons. The summed E-state index contributed by atoms with van der Waals surface area (Å²) >= 11 is 19.9. The van der Waals surface area contributed by atoms with Crippen LogP contribution in [0.1, 0.15) is 0 Å². The van der Waals surface area contributed by atoms with Crippen molar-refractivity contribution in [3.63, 3.8) is 0 Å². The number of hydrogen-bond acceptors (Lipinski definition) is 14. The standard InChI is InChI=1S/2C12H14N4O4S2.C10H8N2/c2*1-19-11(17)15-9(21)13-7-5-3-4-6-8(7)14-10(22)16-12(18)20-2;1-5-11-6-2-9(1)10-3-7-12-8-4-10/h2*3-6H,1-2H3,(H2,13,15,17,21)(H2,14,16,18,22);1-8H. The SMILES string of the molecule is COC(=O)NC(=S)Nc1ccccc1NC(=S)NC(=O)OC.COC(=O)NC(=S)Nc1ccccc1NC(=S)NC(=O)OC.c1cc(-c2ccncc2)ccn1. The third-order valence-corrected chi connectivity index (χ3v) is 6.96. The van der Waals surface area contributed by atoms with Crippen molar-refractivity contribution in [1.82, 2.24) is 31.2 Å². The number of hydrogen-bond donors (Lipinski definition) is 8. The zero-order valence-electron chi connectivity index (χ0n) is 30.0. The molecule has 4 rings (SSSR count). The van der Waals surface area contributed by atoms with E-state index in [0.717, 1.165) is 0 Å². The molecule has 0 atom stereocenters. The second kappa shape index (κ2) is 25.4. The lowest BCUT2D eigenvalue weighted by Gasteiger charge is -2.15. The molecule has 18 nitrogen and oxygen atoms in total. The molecule has 22 heteroatoms. The summed E-state index contributed by atoms with van der Waals surface area (Å²) in [6.45, 7) is 0. The van der Waals surface area contributed by atoms with Gasteiger partial charge in [0, 0.05) is 24.8 Å². The fourth-order valence-corrected chi connectivity index (χ4v) is 4.45. The van der Waals surface area contributed by atoms with E-state index in [9.17, 15) is 19.2 Å². The van der Waals surface area contributed by atoms with Crippen LogP contribution in [0, 0.1) is 0 Å². The zero-order chi connectivity index (χ0) is 41.3. The van der Waals surface area contributed by atoms with E-state index in [-0.39, 0.29) is 20.4 Å². The summed E-state index contributed by atoms with van der Waals surface area (Å²) < 4.78 is 17.7. The molecule has 0 aliphatic carbocycles. The van der Waals surface area contributed by atoms with Crippen LogP contribution < -0.4 is 42.5 Å². The van der Waals surface area contributed by atoms with Crippen LogP contribution in [0.3, 0.4) is 0 Å². The van der Waals surface area contributed by atoms with E-state index < -0.39 is 24.4 Å². The normalized spacial score (nSPS) is 9.29. The lowest BCUT2D eigenvalue weighted by molar-refractivity contribution is 0.176. The number of alkyl carbamates (subject to hydrolysis) is 4. The van der Waals surface area contributed by atoms with Gasteiger partial charge in [0.05, 0.1) is 51.2 Å². The number of aromatic nitrogens is 2. The van der Waals surface area contributed by atoms with E-state index >= 15 is 0 Å². The smallest absolute Gasteiger partial charge is 0.413 e. The molecule has 2 aromatic heterocycles. The number of nitrogens with one attached hydrogen (secondary N) is 8. The molecule has 8 N–H and O–H groups in total. The second-order valence-electron chi connectivity index (χ2n) is 9.85. The number of anilines is 4. The molecule has 0 aliphatic heterocycles. The average Bonchev–Trinajstić information content (AvgIpc) is 3.20. The molecule has 4 amide bonds. The van der Waals surface area contributed by atoms with Crippen LogP contribution in [0.15, 0.2) is 97.6 Å². The van der Waals surface area contributed by atoms with Crippen LogP contribution in [-0.2, 0) is 18.9 Å². The van der Waals surface area contributed by atoms with Gasteiger partial charge in [-0.1, -0.05) is 24.3 Å². The second-order valence-corrected chi connectivity index (χ2v) is 11.5. The highest BCUT2D eigenvalue weighted by molar-refractivity contribution is 7.81. The number of ether oxygens (including phenoxy) is 4. The highest BCUT2D eigenvalue weighted by Gasteiger charge is 2.11. The van der Waals surface area contributed by atoms with Crippen molar-refractivity contribution in [2.75, 3.05) is 49.7 Å². The Morgan fingerprint density at radius 3 is 0.821 bits per heavy atom. The van der Waals surface area contributed by atoms with Crippen molar-refractivity contribution in [3.8, 4) is 11.1 Å². The summed E-state index contributed by atoms with van der Waals surface area (Å²) in [5.41, 5.74) is 4.51. The first-order chi connectivity index (χ1) is 26.9. The molecule has 0 saturated heterocycles. The van der Waals surface area contributed by atoms with E-state index in [1.807, 2.05) is 24.3 Å². The molecule has 0 unspecified atom stereocenters. The van der Waals surface area contributed by atoms with Gasteiger partial charge >= 0.3 is 24.4 Å². The van der Waals surface area contributed by atoms with Gasteiger partial charge in [0.15, 0.2) is 20.4 Å². The maximum atomic E-state index is 11.1. The largest absolute Gasteiger partial charge is 0.453 e. The first-order valence-corrected chi connectivity index (χ1v) is 17.1. The number of thiocarbonyl (C=S) groups is 4. The highest BCUT2D eigenvalue weighted by Crippen LogP contribution is 2.22. The number of carbonyl (C=O) groups excluding carboxylic acids is 4. The lowest BCUT2D eigenvalue weighted by atomic mass is 10.1. The van der Waals surface area contributed by atoms with Crippen LogP contribution in [-0.4, -0.2) is 83.2 Å². The van der Waals surface area contributed by atoms with Crippen LogP contribution in [0.25, 0.3) is 11.1 Å². The summed E-state index contributed by atoms with van der Waals surface area (Å²) in [7, 11) is 4.91. The Morgan fingerprint density at radius 2 is 0.625 bits per heavy atom. The Balaban J connectivity index is 0.000000302. The van der Waals surface area contributed by atoms with E-state index in [1.54, 1.807) is 73.3 Å². The maximum Gasteiger partial charge on any atom is 0.413 e. The number of methoxy groups -OCH3 is 4. The maximum absolute atomic E-state index is 11.1. The Bertz CT molecular complexity index is 1740. The van der Waals surface area contributed by atoms with E-state index in [1.165, 1.54) is 39.6 Å². The van der Waals surface area contributed by atoms with E-state index in [0.29, 0.717) is 22.7 Å². The highest BCUT2D eigenvalue weighted by atomic mass is 32.1. The minimum atomic E-state index is -0.689. The van der Waals surface area contributed by atoms with E-state index in [4.69, 9.17) is 48.9 Å². The van der Waals surface area contributed by atoms with Gasteiger partial charge in [-0.15, -0.1) is 0 Å². The van der Waals surface area contributed by atoms with Crippen molar-refractivity contribution < 1.29 is 38.1 Å². The van der Waals surface area contributed by atoms with Gasteiger partial charge in [-0.3, -0.25) is 31.2 Å². The van der Waals surface area contributed by atoms with Gasteiger partial charge in [0.2, 0.25) is 0 Å². The number of para-hydroxylation sites is 4. The fraction of sp³-hybridized carbons (Fsp3) is 0.118. The molecule has 0 bridgehead atoms. The third kappa shape index (κ3) is 17.9. The van der Waals surface area contributed by atoms with Gasteiger partial charge in [-0.2, -0.15) is 0 Å². The molecule has 2 aromatic carbocycles. The van der Waals surface area contributed by atoms with Crippen molar-refractivity contribution >= 4 is 116 Å². The summed E-state index contributed by atoms with van der Waals surface area (Å²) in [4.78, 5) is 52.2. The van der Waals surface area contributed by atoms with Gasteiger partial charge in [0.1, 0.15) is 0 Å². The molecular weight excluding hydrogens is 805 g/mol. The molecule has 56 heavy (non-hydrogen) atoms. The minimum Gasteiger partial charge on any atom is -0.453 e. The van der Waals surface area contributed by atoms with Crippen LogP contribution in [0.2, 0.25) is 0 Å². The molecule has 0 fully saturated rings. The summed E-state index contributed by atoms with van der Waals surface area (Å²) in [5.74, 6) is 0. The summed E-state index contributed by atoms with van der Waals surface area (Å²) in [6, 6.07) is 21.8. The van der Waals surface area contributed by atoms with Crippen molar-refractivity contribution in [2.24, 2.45) is 0 Å². The van der Waals surface area contributed by atoms with Crippen LogP contribution >= 0.6 is 48.9 Å². The first-order valence-electron chi connectivity index (χ1n) is 15.5. The fourth-order valence-electron chi connectivity index (χ4n) is 3.68. The third-order valence-electron chi connectivity index (χ3n) is 6.14. The molecular formula is C34H36N10O8S4. The van der Waals surface area contributed by atoms with Crippen molar-refractivity contribution in [2.45, 2.75) is 0 Å². The van der Waals surface area contributed by atoms with Crippen molar-refractivity contribution in [3.05, 3.63) is 97.6 Å². The molecule has 2 heterocycles. The van der Waals surface area contributed by atoms with Crippen LogP contribution in [0.5, 0.6) is 0 Å². The number of amides is 4. The Kier molecular flexibility index (Phi) is 20.7. The Morgan fingerprint density at radius 1 is 0.411 bits per heavy atom. The monoisotopic (exact) mass is 840 g/mol. The lowest BCUT2D eigenvalue weighted by Crippen LogP contribution is -2.35. The predicted octanol–water partition coefficient (Wildman–Crippen LogP) is 5.73. The number of nitrogens with zero attached hydrogens (tertiary/aromatic N) is 2.